The highest BCUT2D eigenvalue weighted by Crippen LogP contribution is 2.24. The van der Waals surface area contributed by atoms with Gasteiger partial charge >= 0.3 is 0 Å². The number of aromatic nitrogens is 3. The van der Waals surface area contributed by atoms with Gasteiger partial charge in [-0.3, -0.25) is 4.79 Å². The number of pyridine rings is 1. The number of rotatable bonds is 2. The highest BCUT2D eigenvalue weighted by Gasteiger charge is 2.18. The normalized spacial score (nSPS) is 15.6. The Morgan fingerprint density at radius 3 is 3.05 bits per heavy atom. The van der Waals surface area contributed by atoms with Crippen molar-refractivity contribution in [3.63, 3.8) is 0 Å². The number of ether oxygens (including phenoxy) is 1. The predicted octanol–water partition coefficient (Wildman–Crippen LogP) is 1.85. The third-order valence-electron chi connectivity index (χ3n) is 3.37. The monoisotopic (exact) mass is 324 g/mol. The molecule has 22 heavy (non-hydrogen) atoms. The molecule has 0 bridgehead atoms. The van der Waals surface area contributed by atoms with Crippen LogP contribution in [0.5, 0.6) is 0 Å². The fraction of sp³-hybridized carbons (Fsp3) is 0.357. The van der Waals surface area contributed by atoms with Crippen molar-refractivity contribution in [1.29, 1.82) is 0 Å². The van der Waals surface area contributed by atoms with Crippen molar-refractivity contribution in [3.8, 4) is 11.4 Å². The van der Waals surface area contributed by atoms with E-state index in [1.165, 1.54) is 12.3 Å². The van der Waals surface area contributed by atoms with Crippen molar-refractivity contribution in [2.75, 3.05) is 31.2 Å². The summed E-state index contributed by atoms with van der Waals surface area (Å²) < 4.78 is 18.6. The minimum absolute atomic E-state index is 0.0279. The van der Waals surface area contributed by atoms with Crippen LogP contribution in [0.25, 0.3) is 11.4 Å². The molecule has 116 valence electrons. The van der Waals surface area contributed by atoms with Gasteiger partial charge in [0.1, 0.15) is 10.8 Å². The summed E-state index contributed by atoms with van der Waals surface area (Å²) in [5.74, 6) is 0.0128. The van der Waals surface area contributed by atoms with Crippen molar-refractivity contribution < 1.29 is 9.13 Å². The lowest BCUT2D eigenvalue weighted by atomic mass is 10.2. The number of hydrogen-bond donors (Lipinski definition) is 1. The van der Waals surface area contributed by atoms with Crippen molar-refractivity contribution in [2.45, 2.75) is 6.42 Å². The van der Waals surface area contributed by atoms with Crippen molar-refractivity contribution in [2.24, 2.45) is 0 Å². The number of hydrogen-bond acceptors (Lipinski definition) is 5. The Bertz CT molecular complexity index is 729. The quantitative estimate of drug-likeness (QED) is 0.854. The molecule has 6 nitrogen and oxygen atoms in total. The molecular weight excluding hydrogens is 311 g/mol. The molecule has 0 saturated carbocycles. The Kier molecular flexibility index (Phi) is 4.35. The molecule has 2 aromatic heterocycles. The maximum atomic E-state index is 13.3. The molecule has 0 aliphatic carbocycles. The summed E-state index contributed by atoms with van der Waals surface area (Å²) in [5.41, 5.74) is -0.0161. The van der Waals surface area contributed by atoms with Crippen LogP contribution in [0.15, 0.2) is 23.1 Å². The Morgan fingerprint density at radius 2 is 2.23 bits per heavy atom. The summed E-state index contributed by atoms with van der Waals surface area (Å²) in [6, 6.07) is 2.78. The topological polar surface area (TPSA) is 71.1 Å². The zero-order valence-corrected chi connectivity index (χ0v) is 12.4. The number of anilines is 1. The molecule has 1 fully saturated rings. The molecule has 2 aromatic rings. The smallest absolute Gasteiger partial charge is 0.272 e. The first-order chi connectivity index (χ1) is 10.6. The zero-order valence-electron chi connectivity index (χ0n) is 11.7. The van der Waals surface area contributed by atoms with Gasteiger partial charge in [-0.05, 0) is 12.5 Å². The van der Waals surface area contributed by atoms with E-state index in [4.69, 9.17) is 16.3 Å². The molecular formula is C14H14ClFN4O2. The average Bonchev–Trinajstić information content (AvgIpc) is 2.79. The molecule has 0 unspecified atom stereocenters. The molecule has 1 saturated heterocycles. The van der Waals surface area contributed by atoms with Gasteiger partial charge < -0.3 is 14.6 Å². The first kappa shape index (κ1) is 14.9. The van der Waals surface area contributed by atoms with Crippen molar-refractivity contribution in [3.05, 3.63) is 39.7 Å². The molecule has 0 spiro atoms. The highest BCUT2D eigenvalue weighted by molar-refractivity contribution is 6.32. The number of halogens is 2. The molecule has 0 radical (unpaired) electrons. The molecule has 0 atom stereocenters. The van der Waals surface area contributed by atoms with E-state index in [0.29, 0.717) is 37.7 Å². The summed E-state index contributed by atoms with van der Waals surface area (Å²) in [4.78, 5) is 24.4. The van der Waals surface area contributed by atoms with E-state index in [1.807, 2.05) is 4.90 Å². The Balaban J connectivity index is 2.05. The molecule has 3 heterocycles. The minimum Gasteiger partial charge on any atom is -0.380 e. The van der Waals surface area contributed by atoms with Crippen molar-refractivity contribution >= 4 is 17.4 Å². The van der Waals surface area contributed by atoms with Gasteiger partial charge in [-0.25, -0.2) is 9.97 Å². The zero-order chi connectivity index (χ0) is 15.5. The van der Waals surface area contributed by atoms with E-state index in [2.05, 4.69) is 15.0 Å². The fourth-order valence-corrected chi connectivity index (χ4v) is 2.51. The summed E-state index contributed by atoms with van der Waals surface area (Å²) in [7, 11) is 0. The Morgan fingerprint density at radius 1 is 1.36 bits per heavy atom. The van der Waals surface area contributed by atoms with Crippen LogP contribution in [0.3, 0.4) is 0 Å². The van der Waals surface area contributed by atoms with Gasteiger partial charge in [0.05, 0.1) is 6.61 Å². The third kappa shape index (κ3) is 3.10. The molecule has 1 aliphatic heterocycles. The summed E-state index contributed by atoms with van der Waals surface area (Å²) >= 11 is 6.10. The fourth-order valence-electron chi connectivity index (χ4n) is 2.30. The van der Waals surface area contributed by atoms with Crippen LogP contribution in [0.2, 0.25) is 5.02 Å². The minimum atomic E-state index is -0.639. The van der Waals surface area contributed by atoms with Crippen LogP contribution in [0.1, 0.15) is 6.42 Å². The van der Waals surface area contributed by atoms with E-state index in [0.717, 1.165) is 6.42 Å². The maximum absolute atomic E-state index is 13.3. The van der Waals surface area contributed by atoms with Crippen LogP contribution in [-0.4, -0.2) is 41.3 Å². The lowest BCUT2D eigenvalue weighted by Crippen LogP contribution is -2.29. The van der Waals surface area contributed by atoms with E-state index in [-0.39, 0.29) is 10.8 Å². The van der Waals surface area contributed by atoms with Gasteiger partial charge in [0.15, 0.2) is 5.82 Å². The second-order valence-corrected chi connectivity index (χ2v) is 5.25. The van der Waals surface area contributed by atoms with Crippen LogP contribution >= 0.6 is 11.6 Å². The molecule has 1 N–H and O–H groups in total. The predicted molar refractivity (Wildman–Crippen MR) is 80.7 cm³/mol. The number of nitrogens with one attached hydrogen (secondary N) is 1. The SMILES string of the molecule is O=c1[nH]c(-c2ccnc(F)c2)nc(N2CCCOCC2)c1Cl. The lowest BCUT2D eigenvalue weighted by molar-refractivity contribution is 0.152. The number of H-pyrrole nitrogens is 1. The average molecular weight is 325 g/mol. The van der Waals surface area contributed by atoms with Gasteiger partial charge in [0.25, 0.3) is 5.56 Å². The third-order valence-corrected chi connectivity index (χ3v) is 3.71. The molecule has 0 aromatic carbocycles. The maximum Gasteiger partial charge on any atom is 0.272 e. The van der Waals surface area contributed by atoms with Gasteiger partial charge in [0, 0.05) is 37.5 Å². The van der Waals surface area contributed by atoms with Crippen LogP contribution < -0.4 is 10.5 Å². The van der Waals surface area contributed by atoms with E-state index in [1.54, 1.807) is 6.07 Å². The molecule has 1 aliphatic rings. The van der Waals surface area contributed by atoms with E-state index >= 15 is 0 Å². The number of aromatic amines is 1. The van der Waals surface area contributed by atoms with E-state index in [9.17, 15) is 9.18 Å². The first-order valence-electron chi connectivity index (χ1n) is 6.89. The van der Waals surface area contributed by atoms with Gasteiger partial charge in [-0.1, -0.05) is 11.6 Å². The standard InChI is InChI=1S/C14H14ClFN4O2/c15-11-13(20-4-1-6-22-7-5-20)18-12(19-14(11)21)9-2-3-17-10(16)8-9/h2-3,8H,1,4-7H2,(H,18,19,21). The highest BCUT2D eigenvalue weighted by atomic mass is 35.5. The molecule has 0 amide bonds. The first-order valence-corrected chi connectivity index (χ1v) is 7.27. The Hall–Kier alpha value is -1.99. The van der Waals surface area contributed by atoms with Gasteiger partial charge in [-0.15, -0.1) is 0 Å². The van der Waals surface area contributed by atoms with Crippen molar-refractivity contribution in [1.82, 2.24) is 15.0 Å². The Labute approximate surface area is 130 Å². The number of nitrogens with zero attached hydrogens (tertiary/aromatic N) is 3. The van der Waals surface area contributed by atoms with Crippen LogP contribution in [0.4, 0.5) is 10.2 Å². The molecule has 3 rings (SSSR count). The summed E-state index contributed by atoms with van der Waals surface area (Å²) in [6.07, 6.45) is 2.14. The second kappa shape index (κ2) is 6.41. The van der Waals surface area contributed by atoms with E-state index < -0.39 is 11.5 Å². The van der Waals surface area contributed by atoms with Crippen LogP contribution in [0, 0.1) is 5.95 Å². The largest absolute Gasteiger partial charge is 0.380 e. The molecule has 8 heteroatoms. The van der Waals surface area contributed by atoms with Crippen LogP contribution in [-0.2, 0) is 4.74 Å². The second-order valence-electron chi connectivity index (χ2n) is 4.87. The van der Waals surface area contributed by atoms with Gasteiger partial charge in [-0.2, -0.15) is 4.39 Å². The van der Waals surface area contributed by atoms with Gasteiger partial charge in [0.2, 0.25) is 5.95 Å². The summed E-state index contributed by atoms with van der Waals surface area (Å²) in [6.45, 7) is 2.50. The lowest BCUT2D eigenvalue weighted by Gasteiger charge is -2.21. The summed E-state index contributed by atoms with van der Waals surface area (Å²) in [5, 5.41) is 0.0279.